The third-order valence-corrected chi connectivity index (χ3v) is 5.36. The number of carbonyl (C=O) groups is 1. The van der Waals surface area contributed by atoms with E-state index in [4.69, 9.17) is 0 Å². The summed E-state index contributed by atoms with van der Waals surface area (Å²) in [5.41, 5.74) is 3.79. The van der Waals surface area contributed by atoms with E-state index < -0.39 is 0 Å². The van der Waals surface area contributed by atoms with Crippen molar-refractivity contribution in [3.63, 3.8) is 0 Å². The molecule has 2 aliphatic rings. The van der Waals surface area contributed by atoms with Crippen molar-refractivity contribution in [1.29, 1.82) is 0 Å². The fourth-order valence-corrected chi connectivity index (χ4v) is 3.81. The van der Waals surface area contributed by atoms with Gasteiger partial charge < -0.3 is 4.90 Å². The molecular weight excluding hydrogens is 312 g/mol. The second-order valence-corrected chi connectivity index (χ2v) is 7.13. The lowest BCUT2D eigenvalue weighted by molar-refractivity contribution is -0.142. The Balaban J connectivity index is 1.65. The molecule has 0 saturated carbocycles. The molecule has 2 aromatic rings. The second kappa shape index (κ2) is 6.39. The number of hydrogen-bond donors (Lipinski definition) is 0. The lowest BCUT2D eigenvalue weighted by Crippen LogP contribution is -2.45. The maximum Gasteiger partial charge on any atom is 0.229 e. The fraction of sp³-hybridized carbons (Fsp3) is 0.400. The molecule has 0 N–H and O–H groups in total. The van der Waals surface area contributed by atoms with E-state index in [0.717, 1.165) is 54.7 Å². The predicted octanol–water partition coefficient (Wildman–Crippen LogP) is 3.17. The number of nitrogens with zero attached hydrogens (tertiary/aromatic N) is 4. The molecule has 1 amide bonds. The summed E-state index contributed by atoms with van der Waals surface area (Å²) in [6.07, 6.45) is 13.0. The molecule has 4 rings (SSSR count). The van der Waals surface area contributed by atoms with Gasteiger partial charge in [0.2, 0.25) is 5.91 Å². The van der Waals surface area contributed by atoms with Crippen LogP contribution in [0.15, 0.2) is 43.0 Å². The zero-order valence-electron chi connectivity index (χ0n) is 14.5. The molecule has 0 fully saturated rings. The van der Waals surface area contributed by atoms with Crippen LogP contribution < -0.4 is 0 Å². The smallest absolute Gasteiger partial charge is 0.229 e. The van der Waals surface area contributed by atoms with Crippen LogP contribution in [0.4, 0.5) is 0 Å². The molecule has 1 unspecified atom stereocenters. The molecular formula is C20H22N4O. The average Bonchev–Trinajstić information content (AvgIpc) is 2.68. The maximum atomic E-state index is 13.2. The average molecular weight is 334 g/mol. The lowest BCUT2D eigenvalue weighted by atomic mass is 9.77. The normalized spacial score (nSPS) is 22.5. The van der Waals surface area contributed by atoms with Crippen LogP contribution in [-0.4, -0.2) is 32.3 Å². The summed E-state index contributed by atoms with van der Waals surface area (Å²) in [5.74, 6) is 0.257. The maximum absolute atomic E-state index is 13.2. The van der Waals surface area contributed by atoms with E-state index in [9.17, 15) is 4.79 Å². The molecule has 0 radical (unpaired) electrons. The van der Waals surface area contributed by atoms with E-state index in [-0.39, 0.29) is 11.3 Å². The topological polar surface area (TPSA) is 59.0 Å². The summed E-state index contributed by atoms with van der Waals surface area (Å²) in [6, 6.07) is 3.91. The van der Waals surface area contributed by atoms with Crippen molar-refractivity contribution in [3.8, 4) is 11.3 Å². The Morgan fingerprint density at radius 3 is 2.80 bits per heavy atom. The molecule has 1 aliphatic heterocycles. The third kappa shape index (κ3) is 2.95. The molecule has 3 heterocycles. The lowest BCUT2D eigenvalue weighted by Gasteiger charge is -2.37. The summed E-state index contributed by atoms with van der Waals surface area (Å²) >= 11 is 0. The number of hydrogen-bond acceptors (Lipinski definition) is 4. The van der Waals surface area contributed by atoms with Gasteiger partial charge in [0.15, 0.2) is 0 Å². The predicted molar refractivity (Wildman–Crippen MR) is 95.5 cm³/mol. The monoisotopic (exact) mass is 334 g/mol. The van der Waals surface area contributed by atoms with E-state index in [1.54, 1.807) is 18.7 Å². The number of allylic oxidation sites excluding steroid dienone is 2. The molecule has 0 saturated heterocycles. The Bertz CT molecular complexity index is 818. The highest BCUT2D eigenvalue weighted by atomic mass is 16.2. The van der Waals surface area contributed by atoms with Gasteiger partial charge in [0.05, 0.1) is 16.8 Å². The number of pyridine rings is 1. The summed E-state index contributed by atoms with van der Waals surface area (Å²) in [4.78, 5) is 28.2. The van der Waals surface area contributed by atoms with Crippen LogP contribution in [0.2, 0.25) is 0 Å². The highest BCUT2D eigenvalue weighted by Crippen LogP contribution is 2.36. The van der Waals surface area contributed by atoms with Gasteiger partial charge in [-0.05, 0) is 31.4 Å². The first-order valence-electron chi connectivity index (χ1n) is 8.85. The summed E-state index contributed by atoms with van der Waals surface area (Å²) < 4.78 is 0. The number of fused-ring (bicyclic) bond motifs is 1. The summed E-state index contributed by atoms with van der Waals surface area (Å²) in [5, 5.41) is 0. The van der Waals surface area contributed by atoms with Crippen LogP contribution in [0.3, 0.4) is 0 Å². The molecule has 25 heavy (non-hydrogen) atoms. The fourth-order valence-electron chi connectivity index (χ4n) is 3.81. The second-order valence-electron chi connectivity index (χ2n) is 7.13. The first-order chi connectivity index (χ1) is 12.2. The van der Waals surface area contributed by atoms with Gasteiger partial charge in [0, 0.05) is 43.0 Å². The van der Waals surface area contributed by atoms with Gasteiger partial charge in [0.25, 0.3) is 0 Å². The minimum atomic E-state index is -0.279. The molecule has 128 valence electrons. The van der Waals surface area contributed by atoms with Crippen molar-refractivity contribution < 1.29 is 4.79 Å². The van der Waals surface area contributed by atoms with E-state index in [2.05, 4.69) is 34.0 Å². The van der Waals surface area contributed by atoms with Crippen LogP contribution in [0.1, 0.15) is 37.4 Å². The Labute approximate surface area is 147 Å². The molecule has 1 atom stereocenters. The molecule has 5 heteroatoms. The van der Waals surface area contributed by atoms with Crippen LogP contribution in [0.25, 0.3) is 11.3 Å². The van der Waals surface area contributed by atoms with Gasteiger partial charge in [-0.15, -0.1) is 0 Å². The first kappa shape index (κ1) is 15.9. The largest absolute Gasteiger partial charge is 0.337 e. The molecule has 1 aliphatic carbocycles. The van der Waals surface area contributed by atoms with Gasteiger partial charge in [-0.3, -0.25) is 9.78 Å². The van der Waals surface area contributed by atoms with Gasteiger partial charge in [0.1, 0.15) is 6.33 Å². The van der Waals surface area contributed by atoms with Crippen molar-refractivity contribution in [2.45, 2.75) is 39.2 Å². The zero-order valence-corrected chi connectivity index (χ0v) is 14.5. The minimum Gasteiger partial charge on any atom is -0.337 e. The molecule has 0 aromatic carbocycles. The summed E-state index contributed by atoms with van der Waals surface area (Å²) in [6.45, 7) is 3.42. The van der Waals surface area contributed by atoms with Crippen molar-refractivity contribution in [1.82, 2.24) is 19.9 Å². The van der Waals surface area contributed by atoms with E-state index in [0.29, 0.717) is 6.54 Å². The zero-order chi connectivity index (χ0) is 17.3. The molecule has 2 aromatic heterocycles. The highest BCUT2D eigenvalue weighted by Gasteiger charge is 2.38. The molecule has 0 bridgehead atoms. The number of carbonyl (C=O) groups excluding carboxylic acids is 1. The Morgan fingerprint density at radius 2 is 2.04 bits per heavy atom. The van der Waals surface area contributed by atoms with Crippen molar-refractivity contribution >= 4 is 5.91 Å². The summed E-state index contributed by atoms with van der Waals surface area (Å²) in [7, 11) is 0. The van der Waals surface area contributed by atoms with E-state index in [1.165, 1.54) is 0 Å². The quantitative estimate of drug-likeness (QED) is 0.792. The standard InChI is InChI=1S/C20H22N4O/c1-20(8-3-2-4-9-20)19(25)24-12-7-17-16(13-24)18(23-14-22-17)15-5-10-21-11-6-15/h2-3,5-6,10-11,14H,4,7-9,12-13H2,1H3. The van der Waals surface area contributed by atoms with E-state index >= 15 is 0 Å². The van der Waals surface area contributed by atoms with Gasteiger partial charge in [-0.2, -0.15) is 0 Å². The Hall–Kier alpha value is -2.56. The Morgan fingerprint density at radius 1 is 1.20 bits per heavy atom. The number of amides is 1. The third-order valence-electron chi connectivity index (χ3n) is 5.36. The van der Waals surface area contributed by atoms with Gasteiger partial charge in [-0.25, -0.2) is 9.97 Å². The first-order valence-corrected chi connectivity index (χ1v) is 8.85. The van der Waals surface area contributed by atoms with Crippen LogP contribution >= 0.6 is 0 Å². The van der Waals surface area contributed by atoms with Crippen molar-refractivity contribution in [3.05, 3.63) is 54.3 Å². The van der Waals surface area contributed by atoms with Crippen molar-refractivity contribution in [2.75, 3.05) is 6.54 Å². The molecule has 5 nitrogen and oxygen atoms in total. The highest BCUT2D eigenvalue weighted by molar-refractivity contribution is 5.83. The SMILES string of the molecule is CC1(C(=O)N2CCc3ncnc(-c4ccncc4)c3C2)CC=CCC1. The van der Waals surface area contributed by atoms with Crippen LogP contribution in [0.5, 0.6) is 0 Å². The minimum absolute atomic E-state index is 0.257. The van der Waals surface area contributed by atoms with Gasteiger partial charge in [-0.1, -0.05) is 19.1 Å². The van der Waals surface area contributed by atoms with Crippen LogP contribution in [0, 0.1) is 5.41 Å². The van der Waals surface area contributed by atoms with Crippen molar-refractivity contribution in [2.24, 2.45) is 5.41 Å². The Kier molecular flexibility index (Phi) is 4.07. The molecule has 0 spiro atoms. The number of rotatable bonds is 2. The number of aromatic nitrogens is 3. The van der Waals surface area contributed by atoms with Crippen LogP contribution in [-0.2, 0) is 17.8 Å². The van der Waals surface area contributed by atoms with E-state index in [1.807, 2.05) is 17.0 Å². The van der Waals surface area contributed by atoms with Gasteiger partial charge >= 0.3 is 0 Å².